The summed E-state index contributed by atoms with van der Waals surface area (Å²) in [6.45, 7) is 74.2. The molecule has 6 heterocycles. The number of rotatable bonds is 9. The van der Waals surface area contributed by atoms with E-state index in [-0.39, 0.29) is 83.8 Å². The minimum absolute atomic E-state index is 0.00174. The zero-order valence-electron chi connectivity index (χ0n) is 89.2. The normalized spacial score (nSPS) is 20.2. The van der Waals surface area contributed by atoms with Gasteiger partial charge in [-0.05, 0) is 403 Å². The van der Waals surface area contributed by atoms with Crippen LogP contribution in [-0.2, 0) is 76.8 Å². The fourth-order valence-electron chi connectivity index (χ4n) is 27.3. The summed E-state index contributed by atoms with van der Waals surface area (Å²) in [5, 5.41) is 5.42. The van der Waals surface area contributed by atoms with E-state index in [4.69, 9.17) is 0 Å². The third kappa shape index (κ3) is 14.2. The molecule has 14 aromatic rings. The van der Waals surface area contributed by atoms with Crippen molar-refractivity contribution in [2.75, 3.05) is 24.5 Å². The maximum Gasteiger partial charge on any atom is 0.254 e. The molecule has 9 aliphatic rings. The fraction of sp³-hybridized carbons (Fsp3) is 0.415. The van der Waals surface area contributed by atoms with Crippen LogP contribution >= 0.6 is 22.7 Å². The second-order valence-corrected chi connectivity index (χ2v) is 55.8. The van der Waals surface area contributed by atoms with Crippen LogP contribution in [0.15, 0.2) is 212 Å². The molecule has 9 heteroatoms. The molecule has 1 unspecified atom stereocenters. The number of benzene rings is 12. The summed E-state index contributed by atoms with van der Waals surface area (Å²) in [7, 11) is 0. The van der Waals surface area contributed by atoms with Gasteiger partial charge in [-0.2, -0.15) is 0 Å². The molecule has 0 fully saturated rings. The van der Waals surface area contributed by atoms with E-state index >= 15 is 0 Å². The Hall–Kier alpha value is -10.3. The summed E-state index contributed by atoms with van der Waals surface area (Å²) < 4.78 is 2.71. The van der Waals surface area contributed by atoms with Crippen molar-refractivity contribution in [3.8, 4) is 0 Å². The lowest BCUT2D eigenvalue weighted by Crippen LogP contribution is -2.61. The lowest BCUT2D eigenvalue weighted by molar-refractivity contribution is 0.310. The van der Waals surface area contributed by atoms with Gasteiger partial charge in [0.2, 0.25) is 0 Å². The first-order chi connectivity index (χ1) is 65.1. The largest absolute Gasteiger partial charge is 0.311 e. The maximum atomic E-state index is 2.83. The van der Waals surface area contributed by atoms with Crippen molar-refractivity contribution in [2.45, 2.75) is 349 Å². The van der Waals surface area contributed by atoms with Crippen LogP contribution in [0.1, 0.15) is 347 Å². The average molecular weight is 1870 g/mol. The van der Waals surface area contributed by atoms with Crippen LogP contribution in [0.25, 0.3) is 20.2 Å². The minimum atomic E-state index is -0.290. The average Bonchev–Trinajstić information content (AvgIpc) is 1.63. The Kier molecular flexibility index (Phi) is 20.2. The van der Waals surface area contributed by atoms with Crippen LogP contribution in [0.5, 0.6) is 0 Å². The molecule has 5 aliphatic carbocycles. The Morgan fingerprint density at radius 1 is 0.273 bits per heavy atom. The number of para-hydroxylation sites is 1. The van der Waals surface area contributed by atoms with E-state index in [1.54, 1.807) is 0 Å². The van der Waals surface area contributed by atoms with Gasteiger partial charge in [-0.25, -0.2) is 0 Å². The number of aryl methyl sites for hydroxylation is 2. The highest BCUT2D eigenvalue weighted by molar-refractivity contribution is 7.27. The van der Waals surface area contributed by atoms with Gasteiger partial charge in [-0.1, -0.05) is 291 Å². The van der Waals surface area contributed by atoms with Gasteiger partial charge in [0.25, 0.3) is 13.4 Å². The molecule has 0 bridgehead atoms. The molecule has 0 saturated carbocycles. The van der Waals surface area contributed by atoms with E-state index in [0.29, 0.717) is 0 Å². The summed E-state index contributed by atoms with van der Waals surface area (Å²) in [5.41, 5.74) is 46.7. The number of thiophene rings is 2. The Morgan fingerprint density at radius 2 is 0.655 bits per heavy atom. The molecule has 2 aromatic heterocycles. The van der Waals surface area contributed by atoms with E-state index < -0.39 is 0 Å². The van der Waals surface area contributed by atoms with Crippen molar-refractivity contribution in [2.24, 2.45) is 0 Å². The highest BCUT2D eigenvalue weighted by atomic mass is 32.1. The summed E-state index contributed by atoms with van der Waals surface area (Å²) in [4.78, 5) is 13.8. The summed E-state index contributed by atoms with van der Waals surface area (Å²) in [6, 6.07) is 88.4. The highest BCUT2D eigenvalue weighted by Crippen LogP contribution is 2.61. The first-order valence-corrected chi connectivity index (χ1v) is 54.3. The first-order valence-electron chi connectivity index (χ1n) is 52.7. The molecule has 0 spiro atoms. The first kappa shape index (κ1) is 92.4. The van der Waals surface area contributed by atoms with Crippen LogP contribution in [0.3, 0.4) is 0 Å². The van der Waals surface area contributed by atoms with Gasteiger partial charge in [0.1, 0.15) is 0 Å². The molecule has 23 rings (SSSR count). The molecule has 1 atom stereocenters. The third-order valence-electron chi connectivity index (χ3n) is 36.7. The van der Waals surface area contributed by atoms with E-state index in [1.807, 2.05) is 22.7 Å². The second kappa shape index (κ2) is 30.4. The molecule has 710 valence electrons. The predicted octanol–water partition coefficient (Wildman–Crippen LogP) is 33.2. The van der Waals surface area contributed by atoms with Gasteiger partial charge in [-0.15, -0.1) is 22.7 Å². The maximum absolute atomic E-state index is 2.83. The second-order valence-electron chi connectivity index (χ2n) is 53.7. The Morgan fingerprint density at radius 3 is 1.14 bits per heavy atom. The van der Waals surface area contributed by atoms with Gasteiger partial charge in [-0.3, -0.25) is 0 Å². The Labute approximate surface area is 841 Å². The lowest BCUT2D eigenvalue weighted by atomic mass is 9.33. The van der Waals surface area contributed by atoms with Gasteiger partial charge in [0, 0.05) is 77.6 Å². The molecular formula is C130H147B2N5S2. The smallest absolute Gasteiger partial charge is 0.254 e. The van der Waals surface area contributed by atoms with Crippen LogP contribution < -0.4 is 57.3 Å². The predicted molar refractivity (Wildman–Crippen MR) is 606 cm³/mol. The van der Waals surface area contributed by atoms with Crippen molar-refractivity contribution in [3.05, 3.63) is 301 Å². The molecule has 0 N–H and O–H groups in total. The molecule has 0 saturated heterocycles. The fourth-order valence-corrected chi connectivity index (χ4v) is 29.8. The van der Waals surface area contributed by atoms with Crippen LogP contribution in [0.4, 0.5) is 83.9 Å². The Balaban J connectivity index is 0.761. The van der Waals surface area contributed by atoms with Crippen molar-refractivity contribution in [1.82, 2.24) is 0 Å². The van der Waals surface area contributed by atoms with Crippen molar-refractivity contribution in [3.63, 3.8) is 0 Å². The van der Waals surface area contributed by atoms with Gasteiger partial charge in [0.15, 0.2) is 0 Å². The monoisotopic (exact) mass is 1860 g/mol. The summed E-state index contributed by atoms with van der Waals surface area (Å²) in [6.07, 6.45) is 12.1. The van der Waals surface area contributed by atoms with Gasteiger partial charge >= 0.3 is 0 Å². The quantitative estimate of drug-likeness (QED) is 0.134. The lowest BCUT2D eigenvalue weighted by Gasteiger charge is -2.48. The van der Waals surface area contributed by atoms with E-state index in [9.17, 15) is 0 Å². The molecule has 139 heavy (non-hydrogen) atoms. The molecule has 12 aromatic carbocycles. The number of nitrogens with zero attached hydrogens (tertiary/aromatic N) is 5. The van der Waals surface area contributed by atoms with E-state index in [2.05, 4.69) is 445 Å². The van der Waals surface area contributed by atoms with Crippen LogP contribution in [0, 0.1) is 13.8 Å². The minimum Gasteiger partial charge on any atom is -0.311 e. The zero-order valence-corrected chi connectivity index (χ0v) is 90.8. The van der Waals surface area contributed by atoms with Crippen molar-refractivity contribution < 1.29 is 0 Å². The zero-order chi connectivity index (χ0) is 98.2. The molecule has 4 aliphatic heterocycles. The number of anilines is 15. The van der Waals surface area contributed by atoms with Crippen molar-refractivity contribution in [1.29, 1.82) is 0 Å². The van der Waals surface area contributed by atoms with Gasteiger partial charge in [0.05, 0.1) is 15.7 Å². The molecule has 0 amide bonds. The Bertz CT molecular complexity index is 7550. The third-order valence-corrected chi connectivity index (χ3v) is 39.1. The molecular weight excluding hydrogens is 1720 g/mol. The van der Waals surface area contributed by atoms with Crippen LogP contribution in [-0.4, -0.2) is 13.4 Å². The SMILES string of the molecule is Cc1cc(C(C)(C)C)ccc1N1c2cc(C(C)(C)C)cc3c2B(c2cc4c(cc2N3c2ccc3c(c2)C(C)(C)CCC3(C)C)C(C)(C)CCC4(C)Cc2cccc(N(c3ccccc3)c3cc4c5c(c3)N(c3ccc(C(C)(C)C)cc3C)c3sc6cc7c(cc6c3B5c3cc5c(cc3N4c3ccc4c(c3)C(C)(C)CCC4(C)C)C(C)(C)CCC5(C)C)C(C)(C)CCC7(C)C)c2)c2c1sc1ccccc21. The molecule has 0 radical (unpaired) electrons. The number of fused-ring (bicyclic) bond motifs is 17. The molecule has 5 nitrogen and oxygen atoms in total. The van der Waals surface area contributed by atoms with Crippen molar-refractivity contribution >= 4 is 173 Å². The standard InChI is InChI=1S/C130H147B2N5S2/c1-77-61-80(118(3,4)5)43-49-102(77)136-107-65-82(120(9,10)11)64-106-114(107)131(112-88-41-34-35-42-110(88)138-116(112)136)101-72-99-97(74-105(101)134(106)85-45-47-90-92(66-85)123(16,17)53-51-121(90,12)13)129(28,29)59-60-130(99,30)76-79-37-36-40-84(63-79)133(83-38-32-31-33-39-83)87-68-108-115-109(69-87)137(103-50-44-81(62-78(103)2)119(6,7)8)117-113(89-70-94-98(75-111(89)139-117)128(26,27)58-55-125(94,20)21)132(115)100-71-95-96(127(24,25)57-56-126(95,22)23)73-104(100)135(108)86-46-48-91-93(67-86)124(18,19)54-52-122(91,14)15/h31-50,61-75H,51-60,76H2,1-30H3. The van der Waals surface area contributed by atoms with E-state index in [1.165, 1.54) is 215 Å². The van der Waals surface area contributed by atoms with Gasteiger partial charge < -0.3 is 24.5 Å². The number of hydrogen-bond acceptors (Lipinski definition) is 7. The topological polar surface area (TPSA) is 16.2 Å². The van der Waals surface area contributed by atoms with Crippen LogP contribution in [0.2, 0.25) is 0 Å². The number of hydrogen-bond donors (Lipinski definition) is 0. The summed E-state index contributed by atoms with van der Waals surface area (Å²) >= 11 is 4.04. The van der Waals surface area contributed by atoms with E-state index in [0.717, 1.165) is 81.3 Å². The highest BCUT2D eigenvalue weighted by Gasteiger charge is 2.54. The summed E-state index contributed by atoms with van der Waals surface area (Å²) in [5.74, 6) is 0.